The molecule has 0 saturated heterocycles. The Hall–Kier alpha value is -2.18. The Morgan fingerprint density at radius 2 is 1.48 bits per heavy atom. The average molecular weight is 379 g/mol. The first kappa shape index (κ1) is 27.7. The van der Waals surface area contributed by atoms with Gasteiger partial charge in [-0.15, -0.1) is 0 Å². The number of nitrogens with one attached hydrogen (secondary N) is 1. The molecule has 1 aromatic rings. The van der Waals surface area contributed by atoms with Gasteiger partial charge in [0.15, 0.2) is 0 Å². The van der Waals surface area contributed by atoms with Crippen LogP contribution in [0.2, 0.25) is 0 Å². The van der Waals surface area contributed by atoms with Crippen LogP contribution in [0.15, 0.2) is 66.3 Å². The minimum Gasteiger partial charge on any atom is -0.0767 e. The topological polar surface area (TPSA) is 72.1 Å². The average Bonchev–Trinajstić information content (AvgIpc) is 3.16. The van der Waals surface area contributed by atoms with E-state index in [4.69, 9.17) is 9.30 Å². The minimum atomic E-state index is -0.151. The van der Waals surface area contributed by atoms with Crippen molar-refractivity contribution in [2.45, 2.75) is 26.3 Å². The summed E-state index contributed by atoms with van der Waals surface area (Å²) in [5.41, 5.74) is 3.65. The van der Waals surface area contributed by atoms with Gasteiger partial charge in [-0.3, -0.25) is 0 Å². The van der Waals surface area contributed by atoms with Crippen molar-refractivity contribution >= 4 is 6.08 Å². The molecule has 0 fully saturated rings. The Balaban J connectivity index is -0.000000404. The molecule has 2 rings (SSSR count). The molecule has 0 spiro atoms. The second-order valence-electron chi connectivity index (χ2n) is 5.39. The van der Waals surface area contributed by atoms with Crippen LogP contribution in [0, 0.1) is 19.7 Å². The van der Waals surface area contributed by atoms with E-state index in [2.05, 4.69) is 24.3 Å². The van der Waals surface area contributed by atoms with E-state index in [1.807, 2.05) is 81.8 Å². The van der Waals surface area contributed by atoms with E-state index < -0.39 is 0 Å². The number of hydrogen-bond acceptors (Lipinski definition) is 2. The molecule has 1 aliphatic rings. The first-order valence-corrected chi connectivity index (χ1v) is 7.04. The summed E-state index contributed by atoms with van der Waals surface area (Å²) in [6.45, 7) is 14.9. The van der Waals surface area contributed by atoms with E-state index in [0.717, 1.165) is 5.56 Å². The molecule has 0 atom stereocenters. The zero-order chi connectivity index (χ0) is 18.8. The fraction of sp³-hybridized carbons (Fsp3) is 0.200. The number of hydrogen-bond donors (Lipinski definition) is 2. The largest absolute Gasteiger partial charge is 0.0767 e. The van der Waals surface area contributed by atoms with E-state index in [-0.39, 0.29) is 28.5 Å². The molecule has 0 saturated carbocycles. The quantitative estimate of drug-likeness (QED) is 0.264. The molecule has 0 unspecified atom stereocenters. The second kappa shape index (κ2) is 18.2. The summed E-state index contributed by atoms with van der Waals surface area (Å²) in [6.07, 6.45) is 11.7. The minimum absolute atomic E-state index is 0. The van der Waals surface area contributed by atoms with Crippen LogP contribution in [0.4, 0.5) is 0 Å². The van der Waals surface area contributed by atoms with Gasteiger partial charge in [-0.25, -0.2) is 0 Å². The molecule has 5 heteroatoms. The smallest absolute Gasteiger partial charge is 0.00506 e. The third kappa shape index (κ3) is 19.8. The van der Waals surface area contributed by atoms with Gasteiger partial charge in [0.05, 0.1) is 0 Å². The molecule has 0 amide bonds. The molecule has 2 N–H and O–H groups in total. The van der Waals surface area contributed by atoms with Crippen LogP contribution in [0.5, 0.6) is 0 Å². The Bertz CT molecular complexity index is 586. The predicted octanol–water partition coefficient (Wildman–Crippen LogP) is 4.33. The fourth-order valence-corrected chi connectivity index (χ4v) is 1.41. The van der Waals surface area contributed by atoms with Crippen LogP contribution >= 0.6 is 0 Å². The summed E-state index contributed by atoms with van der Waals surface area (Å²) in [5, 5.41) is 12.4. The van der Waals surface area contributed by atoms with E-state index in [0.29, 0.717) is 0 Å². The van der Waals surface area contributed by atoms with Gasteiger partial charge in [-0.1, -0.05) is 60.4 Å². The van der Waals surface area contributed by atoms with Crippen molar-refractivity contribution in [2.75, 3.05) is 0 Å². The fourth-order valence-electron chi connectivity index (χ4n) is 1.41. The van der Waals surface area contributed by atoms with Crippen LogP contribution in [-0.2, 0) is 26.4 Å². The summed E-state index contributed by atoms with van der Waals surface area (Å²) in [7, 11) is 0. The molecule has 0 aliphatic heterocycles. The number of aliphatic hydroxyl groups is 1. The van der Waals surface area contributed by atoms with Gasteiger partial charge in [0, 0.05) is 29.0 Å². The van der Waals surface area contributed by atoms with Crippen LogP contribution in [0.3, 0.4) is 0 Å². The number of aliphatic hydroxyl groups excluding tert-OH is 1. The summed E-state index contributed by atoms with van der Waals surface area (Å²) >= 11 is 0. The molecule has 2 radical (unpaired) electrons. The Labute approximate surface area is 160 Å². The van der Waals surface area contributed by atoms with Crippen LogP contribution in [-0.4, -0.2) is 10.6 Å². The van der Waals surface area contributed by atoms with Crippen LogP contribution in [0.1, 0.15) is 26.3 Å². The molecule has 132 valence electrons. The van der Waals surface area contributed by atoms with Crippen molar-refractivity contribution in [1.82, 2.24) is 5.32 Å². The molecule has 1 aromatic carbocycles. The number of allylic oxidation sites excluding steroid dienone is 4. The molecule has 0 aromatic heterocycles. The van der Waals surface area contributed by atoms with Crippen LogP contribution < -0.4 is 5.32 Å². The maximum Gasteiger partial charge on any atom is 0.00506 e. The molecular weight excluding hydrogens is 357 g/mol. The van der Waals surface area contributed by atoms with E-state index in [9.17, 15) is 5.11 Å². The normalized spacial score (nSPS) is 9.88. The maximum absolute atomic E-state index is 9.51. The molecule has 4 nitrogen and oxygen atoms in total. The molecular formula is C20H22MnNO3. The van der Waals surface area contributed by atoms with E-state index in [1.54, 1.807) is 6.08 Å². The summed E-state index contributed by atoms with van der Waals surface area (Å²) in [6, 6.07) is 9.76. The van der Waals surface area contributed by atoms with Gasteiger partial charge in [0.1, 0.15) is 0 Å². The van der Waals surface area contributed by atoms with E-state index >= 15 is 0 Å². The monoisotopic (exact) mass is 379 g/mol. The summed E-state index contributed by atoms with van der Waals surface area (Å²) < 4.78 is 15.0. The SMILES string of the molecule is CC(C)(C)NC(O)=C=Cc1ccccc1.[C-]#[O+].[C-]#[O+].[CH]1C=CC=C1.[Mn]. The van der Waals surface area contributed by atoms with Crippen molar-refractivity contribution in [3.8, 4) is 0 Å². The van der Waals surface area contributed by atoms with Crippen molar-refractivity contribution in [3.05, 3.63) is 91.5 Å². The standard InChI is InChI=1S/C13H17NO.C5H5.2CO.Mn/c1-13(2,3)14-12(15)10-9-11-7-5-4-6-8-11;1-2-4-5-3-1;2*1-2;/h4-9,14-15H,1-3H3;1-5H;;;. The van der Waals surface area contributed by atoms with Crippen molar-refractivity contribution in [3.63, 3.8) is 0 Å². The van der Waals surface area contributed by atoms with Gasteiger partial charge in [0.2, 0.25) is 5.88 Å². The second-order valence-corrected chi connectivity index (χ2v) is 5.39. The van der Waals surface area contributed by atoms with Crippen molar-refractivity contribution in [1.29, 1.82) is 0 Å². The Kier molecular flexibility index (Phi) is 20.1. The number of rotatable bonds is 2. The Morgan fingerprint density at radius 1 is 1.00 bits per heavy atom. The zero-order valence-electron chi connectivity index (χ0n) is 14.5. The zero-order valence-corrected chi connectivity index (χ0v) is 15.7. The van der Waals surface area contributed by atoms with Gasteiger partial charge in [-0.2, -0.15) is 0 Å². The first-order chi connectivity index (χ1) is 11.5. The van der Waals surface area contributed by atoms with Crippen molar-refractivity contribution < 1.29 is 31.5 Å². The maximum atomic E-state index is 9.51. The molecule has 0 heterocycles. The predicted molar refractivity (Wildman–Crippen MR) is 93.9 cm³/mol. The summed E-state index contributed by atoms with van der Waals surface area (Å²) in [4.78, 5) is 0. The van der Waals surface area contributed by atoms with Gasteiger partial charge in [-0.05, 0) is 32.4 Å². The van der Waals surface area contributed by atoms with Crippen LogP contribution in [0.25, 0.3) is 6.08 Å². The van der Waals surface area contributed by atoms with Gasteiger partial charge in [0.25, 0.3) is 0 Å². The van der Waals surface area contributed by atoms with E-state index in [1.165, 1.54) is 0 Å². The first-order valence-electron chi connectivity index (χ1n) is 7.04. The molecule has 0 bridgehead atoms. The third-order valence-corrected chi connectivity index (χ3v) is 2.22. The molecule has 25 heavy (non-hydrogen) atoms. The van der Waals surface area contributed by atoms with Gasteiger partial charge >= 0.3 is 22.6 Å². The summed E-state index contributed by atoms with van der Waals surface area (Å²) in [5.74, 6) is 0.0614. The number of benzene rings is 1. The van der Waals surface area contributed by atoms with Gasteiger partial charge < -0.3 is 10.4 Å². The Morgan fingerprint density at radius 3 is 1.84 bits per heavy atom. The molecule has 1 aliphatic carbocycles. The third-order valence-electron chi connectivity index (χ3n) is 2.22. The van der Waals surface area contributed by atoms with Crippen molar-refractivity contribution in [2.24, 2.45) is 0 Å².